The van der Waals surface area contributed by atoms with E-state index in [2.05, 4.69) is 5.32 Å². The van der Waals surface area contributed by atoms with Crippen LogP contribution in [0.4, 0.5) is 11.4 Å². The summed E-state index contributed by atoms with van der Waals surface area (Å²) in [6.07, 6.45) is 0.650. The first-order chi connectivity index (χ1) is 11.0. The number of anilines is 2. The molecule has 0 unspecified atom stereocenters. The van der Waals surface area contributed by atoms with Crippen molar-refractivity contribution in [2.75, 3.05) is 16.8 Å². The molecule has 0 bridgehead atoms. The molecule has 1 N–H and O–H groups in total. The molecule has 1 aliphatic heterocycles. The van der Waals surface area contributed by atoms with Gasteiger partial charge in [-0.2, -0.15) is 0 Å². The molecule has 0 saturated heterocycles. The summed E-state index contributed by atoms with van der Waals surface area (Å²) in [6.45, 7) is 2.51. The number of carbonyl (C=O) groups is 2. The molecule has 0 radical (unpaired) electrons. The standard InChI is InChI=1S/C18H17ClN2O2/c1-12-6-7-14(19)10-15(12)20-17(22)11-18(23)21-9-8-13-4-2-3-5-16(13)21/h2-7,10H,8-9,11H2,1H3,(H,20,22). The SMILES string of the molecule is Cc1ccc(Cl)cc1NC(=O)CC(=O)N1CCc2ccccc21. The molecular weight excluding hydrogens is 312 g/mol. The van der Waals surface area contributed by atoms with E-state index in [1.807, 2.05) is 37.3 Å². The van der Waals surface area contributed by atoms with Crippen LogP contribution in [0, 0.1) is 6.92 Å². The molecule has 2 amide bonds. The first-order valence-corrected chi connectivity index (χ1v) is 7.86. The second kappa shape index (κ2) is 6.42. The summed E-state index contributed by atoms with van der Waals surface area (Å²) in [5.74, 6) is -0.517. The van der Waals surface area contributed by atoms with Gasteiger partial charge in [0.05, 0.1) is 0 Å². The van der Waals surface area contributed by atoms with Crippen molar-refractivity contribution in [3.05, 3.63) is 58.6 Å². The third-order valence-corrected chi connectivity index (χ3v) is 4.21. The summed E-state index contributed by atoms with van der Waals surface area (Å²) in [5, 5.41) is 3.31. The lowest BCUT2D eigenvalue weighted by Gasteiger charge is -2.17. The third kappa shape index (κ3) is 3.37. The Morgan fingerprint density at radius 1 is 1.22 bits per heavy atom. The summed E-state index contributed by atoms with van der Waals surface area (Å²) >= 11 is 5.94. The monoisotopic (exact) mass is 328 g/mol. The Morgan fingerprint density at radius 2 is 2.00 bits per heavy atom. The number of nitrogens with one attached hydrogen (secondary N) is 1. The number of hydrogen-bond acceptors (Lipinski definition) is 2. The second-order valence-electron chi connectivity index (χ2n) is 5.61. The van der Waals surface area contributed by atoms with Gasteiger partial charge in [-0.15, -0.1) is 0 Å². The Kier molecular flexibility index (Phi) is 4.35. The topological polar surface area (TPSA) is 49.4 Å². The van der Waals surface area contributed by atoms with Gasteiger partial charge in [-0.25, -0.2) is 0 Å². The fourth-order valence-corrected chi connectivity index (χ4v) is 2.93. The number of carbonyl (C=O) groups excluding carboxylic acids is 2. The number of halogens is 1. The van der Waals surface area contributed by atoms with Crippen LogP contribution in [-0.2, 0) is 16.0 Å². The van der Waals surface area contributed by atoms with Gasteiger partial charge >= 0.3 is 0 Å². The van der Waals surface area contributed by atoms with Crippen molar-refractivity contribution in [3.8, 4) is 0 Å². The van der Waals surface area contributed by atoms with Crippen LogP contribution < -0.4 is 10.2 Å². The van der Waals surface area contributed by atoms with Crippen LogP contribution in [0.15, 0.2) is 42.5 Å². The summed E-state index contributed by atoms with van der Waals surface area (Å²) in [6, 6.07) is 13.1. The van der Waals surface area contributed by atoms with Gasteiger partial charge in [-0.1, -0.05) is 35.9 Å². The molecule has 0 spiro atoms. The van der Waals surface area contributed by atoms with Crippen molar-refractivity contribution in [3.63, 3.8) is 0 Å². The van der Waals surface area contributed by atoms with E-state index in [0.717, 1.165) is 23.2 Å². The summed E-state index contributed by atoms with van der Waals surface area (Å²) in [4.78, 5) is 26.2. The molecule has 2 aromatic carbocycles. The maximum absolute atomic E-state index is 12.4. The molecule has 0 saturated carbocycles. The molecule has 4 nitrogen and oxygen atoms in total. The van der Waals surface area contributed by atoms with Gasteiger partial charge in [0, 0.05) is 22.9 Å². The van der Waals surface area contributed by atoms with Crippen molar-refractivity contribution < 1.29 is 9.59 Å². The quantitative estimate of drug-likeness (QED) is 0.876. The van der Waals surface area contributed by atoms with Crippen LogP contribution in [0.2, 0.25) is 5.02 Å². The van der Waals surface area contributed by atoms with Crippen LogP contribution in [0.1, 0.15) is 17.5 Å². The lowest BCUT2D eigenvalue weighted by molar-refractivity contribution is -0.125. The van der Waals surface area contributed by atoms with Crippen LogP contribution in [0.5, 0.6) is 0 Å². The molecule has 0 fully saturated rings. The summed E-state index contributed by atoms with van der Waals surface area (Å²) in [5.41, 5.74) is 3.59. The number of amides is 2. The zero-order valence-corrected chi connectivity index (χ0v) is 13.6. The Hall–Kier alpha value is -2.33. The van der Waals surface area contributed by atoms with E-state index in [9.17, 15) is 9.59 Å². The van der Waals surface area contributed by atoms with E-state index < -0.39 is 0 Å². The second-order valence-corrected chi connectivity index (χ2v) is 6.04. The van der Waals surface area contributed by atoms with Gasteiger partial charge in [0.1, 0.15) is 6.42 Å². The maximum Gasteiger partial charge on any atom is 0.236 e. The first kappa shape index (κ1) is 15.6. The average Bonchev–Trinajstić information content (AvgIpc) is 2.95. The number of benzene rings is 2. The predicted molar refractivity (Wildman–Crippen MR) is 91.9 cm³/mol. The fraction of sp³-hybridized carbons (Fsp3) is 0.222. The zero-order chi connectivity index (χ0) is 16.4. The normalized spacial score (nSPS) is 12.9. The van der Waals surface area contributed by atoms with Crippen molar-refractivity contribution in [2.45, 2.75) is 19.8 Å². The number of para-hydroxylation sites is 1. The van der Waals surface area contributed by atoms with E-state index >= 15 is 0 Å². The summed E-state index contributed by atoms with van der Waals surface area (Å²) in [7, 11) is 0. The number of aryl methyl sites for hydroxylation is 1. The highest BCUT2D eigenvalue weighted by Crippen LogP contribution is 2.28. The van der Waals surface area contributed by atoms with Gasteiger partial charge in [-0.05, 0) is 42.7 Å². The van der Waals surface area contributed by atoms with Crippen LogP contribution in [-0.4, -0.2) is 18.4 Å². The van der Waals surface area contributed by atoms with Gasteiger partial charge in [0.25, 0.3) is 0 Å². The molecule has 5 heteroatoms. The van der Waals surface area contributed by atoms with Crippen molar-refractivity contribution >= 4 is 34.8 Å². The Bertz CT molecular complexity index is 773. The lowest BCUT2D eigenvalue weighted by atomic mass is 10.2. The predicted octanol–water partition coefficient (Wildman–Crippen LogP) is 3.57. The molecule has 1 heterocycles. The van der Waals surface area contributed by atoms with E-state index in [1.54, 1.807) is 17.0 Å². The molecule has 1 aliphatic rings. The molecular formula is C18H17ClN2O2. The minimum absolute atomic E-state index is 0.180. The van der Waals surface area contributed by atoms with Gasteiger partial charge in [0.2, 0.25) is 11.8 Å². The molecule has 2 aromatic rings. The van der Waals surface area contributed by atoms with Gasteiger partial charge in [0.15, 0.2) is 0 Å². The molecule has 0 atom stereocenters. The smallest absolute Gasteiger partial charge is 0.236 e. The molecule has 23 heavy (non-hydrogen) atoms. The molecule has 118 valence electrons. The summed E-state index contributed by atoms with van der Waals surface area (Å²) < 4.78 is 0. The van der Waals surface area contributed by atoms with Gasteiger partial charge < -0.3 is 10.2 Å². The lowest BCUT2D eigenvalue weighted by Crippen LogP contribution is -2.32. The van der Waals surface area contributed by atoms with E-state index in [1.165, 1.54) is 0 Å². The number of rotatable bonds is 3. The highest BCUT2D eigenvalue weighted by molar-refractivity contribution is 6.31. The van der Waals surface area contributed by atoms with Crippen molar-refractivity contribution in [1.29, 1.82) is 0 Å². The Labute approximate surface area is 140 Å². The number of hydrogen-bond donors (Lipinski definition) is 1. The van der Waals surface area contributed by atoms with Crippen LogP contribution >= 0.6 is 11.6 Å². The van der Waals surface area contributed by atoms with Gasteiger partial charge in [-0.3, -0.25) is 9.59 Å². The zero-order valence-electron chi connectivity index (χ0n) is 12.8. The Morgan fingerprint density at radius 3 is 2.83 bits per heavy atom. The minimum Gasteiger partial charge on any atom is -0.325 e. The third-order valence-electron chi connectivity index (χ3n) is 3.97. The fourth-order valence-electron chi connectivity index (χ4n) is 2.75. The number of fused-ring (bicyclic) bond motifs is 1. The van der Waals surface area contributed by atoms with Crippen LogP contribution in [0.3, 0.4) is 0 Å². The highest BCUT2D eigenvalue weighted by atomic mass is 35.5. The molecule has 3 rings (SSSR count). The number of nitrogens with zero attached hydrogens (tertiary/aromatic N) is 1. The maximum atomic E-state index is 12.4. The minimum atomic E-state index is -0.329. The van der Waals surface area contributed by atoms with E-state index in [-0.39, 0.29) is 18.2 Å². The van der Waals surface area contributed by atoms with Crippen molar-refractivity contribution in [2.24, 2.45) is 0 Å². The van der Waals surface area contributed by atoms with Crippen molar-refractivity contribution in [1.82, 2.24) is 0 Å². The molecule has 0 aliphatic carbocycles. The largest absolute Gasteiger partial charge is 0.325 e. The molecule has 0 aromatic heterocycles. The van der Waals surface area contributed by atoms with Crippen LogP contribution in [0.25, 0.3) is 0 Å². The first-order valence-electron chi connectivity index (χ1n) is 7.49. The highest BCUT2D eigenvalue weighted by Gasteiger charge is 2.25. The Balaban J connectivity index is 1.67. The van der Waals surface area contributed by atoms with E-state index in [4.69, 9.17) is 11.6 Å². The van der Waals surface area contributed by atoms with E-state index in [0.29, 0.717) is 17.3 Å². The average molecular weight is 329 g/mol.